The van der Waals surface area contributed by atoms with E-state index in [0.29, 0.717) is 12.1 Å². The lowest BCUT2D eigenvalue weighted by atomic mass is 9.87. The third kappa shape index (κ3) is 3.02. The second-order valence-corrected chi connectivity index (χ2v) is 5.59. The molecule has 0 unspecified atom stereocenters. The first-order valence-corrected chi connectivity index (χ1v) is 6.79. The molecule has 100 valence electrons. The number of aliphatic hydroxyl groups excluding tert-OH is 1. The Hall–Kier alpha value is -0.640. The topological polar surface area (TPSA) is 32.3 Å². The van der Waals surface area contributed by atoms with Crippen LogP contribution in [0.1, 0.15) is 31.2 Å². The second kappa shape index (κ2) is 6.00. The molecule has 0 aromatic heterocycles. The van der Waals surface area contributed by atoms with Crippen molar-refractivity contribution in [3.63, 3.8) is 0 Å². The molecule has 1 aromatic rings. The minimum absolute atomic E-state index is 0.00491. The van der Waals surface area contributed by atoms with E-state index < -0.39 is 0 Å². The number of halogens is 2. The number of rotatable bonds is 5. The molecule has 0 saturated heterocycles. The molecule has 18 heavy (non-hydrogen) atoms. The SMILES string of the molecule is OCC1(CNCc2cccc(Cl)c2F)CCCC1. The van der Waals surface area contributed by atoms with Gasteiger partial charge in [-0.15, -0.1) is 0 Å². The Morgan fingerprint density at radius 1 is 1.33 bits per heavy atom. The van der Waals surface area contributed by atoms with Crippen LogP contribution in [-0.2, 0) is 6.54 Å². The van der Waals surface area contributed by atoms with Gasteiger partial charge in [0.1, 0.15) is 5.82 Å². The summed E-state index contributed by atoms with van der Waals surface area (Å²) < 4.78 is 13.7. The zero-order valence-electron chi connectivity index (χ0n) is 10.4. The van der Waals surface area contributed by atoms with E-state index in [4.69, 9.17) is 11.6 Å². The van der Waals surface area contributed by atoms with Gasteiger partial charge in [-0.2, -0.15) is 0 Å². The highest BCUT2D eigenvalue weighted by atomic mass is 35.5. The average Bonchev–Trinajstić information content (AvgIpc) is 2.84. The minimum Gasteiger partial charge on any atom is -0.396 e. The smallest absolute Gasteiger partial charge is 0.146 e. The van der Waals surface area contributed by atoms with Gasteiger partial charge >= 0.3 is 0 Å². The molecule has 1 aliphatic rings. The Balaban J connectivity index is 1.90. The fourth-order valence-electron chi connectivity index (χ4n) is 2.66. The van der Waals surface area contributed by atoms with Gasteiger partial charge in [0.15, 0.2) is 0 Å². The van der Waals surface area contributed by atoms with Crippen LogP contribution in [-0.4, -0.2) is 18.3 Å². The molecule has 0 spiro atoms. The van der Waals surface area contributed by atoms with Crippen LogP contribution in [0.3, 0.4) is 0 Å². The largest absolute Gasteiger partial charge is 0.396 e. The monoisotopic (exact) mass is 271 g/mol. The molecule has 0 radical (unpaired) electrons. The van der Waals surface area contributed by atoms with Crippen molar-refractivity contribution in [3.8, 4) is 0 Å². The molecule has 0 atom stereocenters. The van der Waals surface area contributed by atoms with Crippen molar-refractivity contribution in [2.75, 3.05) is 13.2 Å². The van der Waals surface area contributed by atoms with Gasteiger partial charge in [0.25, 0.3) is 0 Å². The molecule has 0 heterocycles. The maximum atomic E-state index is 13.7. The van der Waals surface area contributed by atoms with Crippen LogP contribution < -0.4 is 5.32 Å². The van der Waals surface area contributed by atoms with Crippen molar-refractivity contribution in [2.24, 2.45) is 5.41 Å². The van der Waals surface area contributed by atoms with Crippen molar-refractivity contribution < 1.29 is 9.50 Å². The summed E-state index contributed by atoms with van der Waals surface area (Å²) in [5.41, 5.74) is 0.572. The summed E-state index contributed by atoms with van der Waals surface area (Å²) in [6, 6.07) is 5.03. The Labute approximate surface area is 112 Å². The summed E-state index contributed by atoms with van der Waals surface area (Å²) in [4.78, 5) is 0. The van der Waals surface area contributed by atoms with E-state index in [1.807, 2.05) is 0 Å². The summed E-state index contributed by atoms with van der Waals surface area (Å²) >= 11 is 5.73. The highest BCUT2D eigenvalue weighted by Crippen LogP contribution is 2.36. The van der Waals surface area contributed by atoms with Gasteiger partial charge in [0, 0.05) is 30.7 Å². The van der Waals surface area contributed by atoms with Gasteiger partial charge in [-0.3, -0.25) is 0 Å². The Kier molecular flexibility index (Phi) is 4.60. The van der Waals surface area contributed by atoms with E-state index in [1.54, 1.807) is 18.2 Å². The Morgan fingerprint density at radius 2 is 2.06 bits per heavy atom. The van der Waals surface area contributed by atoms with Crippen molar-refractivity contribution in [3.05, 3.63) is 34.6 Å². The van der Waals surface area contributed by atoms with Crippen LogP contribution in [0.15, 0.2) is 18.2 Å². The van der Waals surface area contributed by atoms with Crippen molar-refractivity contribution in [2.45, 2.75) is 32.2 Å². The Morgan fingerprint density at radius 3 is 2.72 bits per heavy atom. The molecule has 4 heteroatoms. The lowest BCUT2D eigenvalue weighted by molar-refractivity contribution is 0.128. The maximum absolute atomic E-state index is 13.7. The van der Waals surface area contributed by atoms with E-state index in [-0.39, 0.29) is 22.9 Å². The summed E-state index contributed by atoms with van der Waals surface area (Å²) in [6.45, 7) is 1.39. The van der Waals surface area contributed by atoms with Gasteiger partial charge in [-0.05, 0) is 18.9 Å². The second-order valence-electron chi connectivity index (χ2n) is 5.18. The highest BCUT2D eigenvalue weighted by Gasteiger charge is 2.32. The van der Waals surface area contributed by atoms with Crippen LogP contribution in [0.4, 0.5) is 4.39 Å². The summed E-state index contributed by atoms with van der Waals surface area (Å²) in [5.74, 6) is -0.351. The van der Waals surface area contributed by atoms with E-state index in [0.717, 1.165) is 19.4 Å². The fourth-order valence-corrected chi connectivity index (χ4v) is 2.86. The molecule has 1 saturated carbocycles. The first-order valence-electron chi connectivity index (χ1n) is 6.41. The van der Waals surface area contributed by atoms with Gasteiger partial charge in [0.05, 0.1) is 5.02 Å². The first kappa shape index (κ1) is 13.8. The van der Waals surface area contributed by atoms with E-state index in [2.05, 4.69) is 5.32 Å². The number of hydrogen-bond acceptors (Lipinski definition) is 2. The van der Waals surface area contributed by atoms with E-state index >= 15 is 0 Å². The zero-order chi connectivity index (χ0) is 13.0. The summed E-state index contributed by atoms with van der Waals surface area (Å²) in [5, 5.41) is 12.9. The molecule has 0 amide bonds. The lowest BCUT2D eigenvalue weighted by Gasteiger charge is -2.26. The minimum atomic E-state index is -0.351. The normalized spacial score (nSPS) is 18.2. The molecular weight excluding hydrogens is 253 g/mol. The van der Waals surface area contributed by atoms with Crippen molar-refractivity contribution in [1.82, 2.24) is 5.32 Å². The maximum Gasteiger partial charge on any atom is 0.146 e. The summed E-state index contributed by atoms with van der Waals surface area (Å²) in [6.07, 6.45) is 4.45. The van der Waals surface area contributed by atoms with E-state index in [9.17, 15) is 9.50 Å². The van der Waals surface area contributed by atoms with E-state index in [1.165, 1.54) is 12.8 Å². The molecule has 1 aromatic carbocycles. The molecule has 1 aliphatic carbocycles. The highest BCUT2D eigenvalue weighted by molar-refractivity contribution is 6.30. The third-order valence-corrected chi connectivity index (χ3v) is 4.14. The van der Waals surface area contributed by atoms with Gasteiger partial charge in [-0.25, -0.2) is 4.39 Å². The van der Waals surface area contributed by atoms with Crippen LogP contribution in [0, 0.1) is 11.2 Å². The number of hydrogen-bond donors (Lipinski definition) is 2. The van der Waals surface area contributed by atoms with Crippen LogP contribution in [0.25, 0.3) is 0 Å². The van der Waals surface area contributed by atoms with Crippen LogP contribution >= 0.6 is 11.6 Å². The predicted molar refractivity (Wildman–Crippen MR) is 71.1 cm³/mol. The van der Waals surface area contributed by atoms with Crippen molar-refractivity contribution >= 4 is 11.6 Å². The molecule has 0 aliphatic heterocycles. The Bertz CT molecular complexity index is 405. The zero-order valence-corrected chi connectivity index (χ0v) is 11.1. The molecule has 2 nitrogen and oxygen atoms in total. The number of benzene rings is 1. The van der Waals surface area contributed by atoms with Crippen molar-refractivity contribution in [1.29, 1.82) is 0 Å². The lowest BCUT2D eigenvalue weighted by Crippen LogP contribution is -2.35. The molecule has 2 rings (SSSR count). The first-order chi connectivity index (χ1) is 8.67. The molecular formula is C14H19ClFNO. The van der Waals surface area contributed by atoms with Gasteiger partial charge < -0.3 is 10.4 Å². The fraction of sp³-hybridized carbons (Fsp3) is 0.571. The third-order valence-electron chi connectivity index (χ3n) is 3.85. The van der Waals surface area contributed by atoms with Crippen LogP contribution in [0.2, 0.25) is 5.02 Å². The average molecular weight is 272 g/mol. The quantitative estimate of drug-likeness (QED) is 0.862. The van der Waals surface area contributed by atoms with Crippen LogP contribution in [0.5, 0.6) is 0 Å². The molecule has 0 bridgehead atoms. The van der Waals surface area contributed by atoms with Gasteiger partial charge in [-0.1, -0.05) is 36.6 Å². The molecule has 2 N–H and O–H groups in total. The molecule has 1 fully saturated rings. The number of aliphatic hydroxyl groups is 1. The predicted octanol–water partition coefficient (Wildman–Crippen LogP) is 3.12. The van der Waals surface area contributed by atoms with Gasteiger partial charge in [0.2, 0.25) is 0 Å². The summed E-state index contributed by atoms with van der Waals surface area (Å²) in [7, 11) is 0. The number of nitrogens with one attached hydrogen (secondary N) is 1. The standard InChI is InChI=1S/C14H19ClFNO/c15-12-5-3-4-11(13(12)16)8-17-9-14(10-18)6-1-2-7-14/h3-5,17-18H,1-2,6-10H2.